The molecule has 0 N–H and O–H groups in total. The lowest BCUT2D eigenvalue weighted by Crippen LogP contribution is -1.96. The van der Waals surface area contributed by atoms with Crippen LogP contribution in [-0.2, 0) is 0 Å². The standard InChI is InChI=1S/2C56H37N5/c1-36-21-22-41-27-28-49-50(33-51(39-11-4-2-5-12-39)59-55(49)54(41)58-36)38-25-23-37(24-26-38)42-15-8-18-45(31-42)56-60-52(40-13-6-3-7-14-40)34-53(61-56)44-17-9-16-43(32-44)47-20-10-19-46-35-57-30-29-48(46)47;1-36-21-22-41-27-28-49-50(33-51(39-11-4-2-5-12-39)59-55(49)54(41)58-36)38-25-23-37(24-26-38)42-15-8-17-44(31-42)53-34-52(40-13-6-3-7-14-40)60-56(61-53)45-18-9-16-43(32-45)47-20-10-19-46-35-57-30-29-48(46)47/h2*2-35H,1H3. The Balaban J connectivity index is 0.000000150. The van der Waals surface area contributed by atoms with E-state index < -0.39 is 0 Å². The SMILES string of the molecule is Cc1ccc2ccc3c(-c4ccc(-c5cccc(-c6cc(-c7ccccc7)nc(-c7cccc(-c8cccc9cnccc89)c7)n6)c5)cc4)cc(-c4ccccc4)nc3c2n1.Cc1ccc2ccc3c(-c4ccc(-c5cccc(-c6nc(-c7ccccc7)cc(-c7cccc(-c8cccc9cnccc89)c7)n6)c5)cc4)cc(-c4ccccc4)nc3c2n1. The minimum absolute atomic E-state index is 0.671. The highest BCUT2D eigenvalue weighted by Crippen LogP contribution is 2.42. The van der Waals surface area contributed by atoms with E-state index in [1.54, 1.807) is 0 Å². The zero-order chi connectivity index (χ0) is 81.4. The van der Waals surface area contributed by atoms with E-state index in [4.69, 9.17) is 39.9 Å². The molecular formula is C112H74N10. The molecule has 0 bridgehead atoms. The van der Waals surface area contributed by atoms with Gasteiger partial charge in [-0.3, -0.25) is 19.9 Å². The van der Waals surface area contributed by atoms with Crippen LogP contribution in [0, 0.1) is 13.8 Å². The van der Waals surface area contributed by atoms with Crippen LogP contribution in [0.2, 0.25) is 0 Å². The number of nitrogens with zero attached hydrogens (tertiary/aromatic N) is 10. The van der Waals surface area contributed by atoms with Crippen molar-refractivity contribution in [3.8, 4) is 157 Å². The maximum atomic E-state index is 5.24. The highest BCUT2D eigenvalue weighted by molar-refractivity contribution is 6.11. The first kappa shape index (κ1) is 73.3. The number of rotatable bonds is 14. The average Bonchev–Trinajstić information content (AvgIpc) is 0.761. The van der Waals surface area contributed by atoms with Crippen LogP contribution in [0.25, 0.3) is 222 Å². The molecule has 22 rings (SSSR count). The second kappa shape index (κ2) is 32.0. The predicted octanol–water partition coefficient (Wildman–Crippen LogP) is 28.2. The molecule has 8 aromatic heterocycles. The van der Waals surface area contributed by atoms with Crippen molar-refractivity contribution in [3.05, 3.63) is 424 Å². The minimum Gasteiger partial charge on any atom is -0.264 e. The van der Waals surface area contributed by atoms with Crippen LogP contribution in [0.1, 0.15) is 11.4 Å². The van der Waals surface area contributed by atoms with E-state index in [9.17, 15) is 0 Å². The molecule has 572 valence electrons. The van der Waals surface area contributed by atoms with Crippen LogP contribution in [0.3, 0.4) is 0 Å². The number of pyridine rings is 6. The quantitative estimate of drug-likeness (QED) is 0.0971. The van der Waals surface area contributed by atoms with E-state index in [2.05, 4.69) is 350 Å². The molecule has 0 aliphatic rings. The molecule has 10 nitrogen and oxygen atoms in total. The van der Waals surface area contributed by atoms with E-state index in [-0.39, 0.29) is 0 Å². The number of fused-ring (bicyclic) bond motifs is 8. The smallest absolute Gasteiger partial charge is 0.160 e. The molecule has 0 aliphatic carbocycles. The minimum atomic E-state index is 0.671. The fourth-order valence-corrected chi connectivity index (χ4v) is 16.7. The maximum Gasteiger partial charge on any atom is 0.160 e. The number of hydrogen-bond donors (Lipinski definition) is 0. The van der Waals surface area contributed by atoms with Gasteiger partial charge in [0.15, 0.2) is 11.6 Å². The first-order chi connectivity index (χ1) is 60.2. The number of hydrogen-bond acceptors (Lipinski definition) is 10. The molecule has 0 unspecified atom stereocenters. The second-order valence-corrected chi connectivity index (χ2v) is 30.8. The third-order valence-corrected chi connectivity index (χ3v) is 22.9. The molecule has 22 aromatic rings. The van der Waals surface area contributed by atoms with Gasteiger partial charge in [-0.05, 0) is 164 Å². The molecular weight excluding hydrogens is 1490 g/mol. The van der Waals surface area contributed by atoms with Crippen LogP contribution in [-0.4, -0.2) is 49.8 Å². The van der Waals surface area contributed by atoms with Crippen molar-refractivity contribution >= 4 is 65.2 Å². The molecule has 0 aliphatic heterocycles. The summed E-state index contributed by atoms with van der Waals surface area (Å²) in [6.45, 7) is 4.06. The monoisotopic (exact) mass is 1560 g/mol. The second-order valence-electron chi connectivity index (χ2n) is 30.8. The van der Waals surface area contributed by atoms with Crippen molar-refractivity contribution in [1.29, 1.82) is 0 Å². The number of aromatic nitrogens is 10. The Bertz CT molecular complexity index is 7290. The normalized spacial score (nSPS) is 11.4. The van der Waals surface area contributed by atoms with Gasteiger partial charge in [-0.15, -0.1) is 0 Å². The van der Waals surface area contributed by atoms with Gasteiger partial charge in [-0.1, -0.05) is 315 Å². The Morgan fingerprint density at radius 2 is 0.475 bits per heavy atom. The Kier molecular flexibility index (Phi) is 19.2. The summed E-state index contributed by atoms with van der Waals surface area (Å²) in [6.07, 6.45) is 7.53. The molecule has 14 aromatic carbocycles. The van der Waals surface area contributed by atoms with E-state index in [1.165, 1.54) is 5.39 Å². The van der Waals surface area contributed by atoms with E-state index in [0.29, 0.717) is 11.6 Å². The van der Waals surface area contributed by atoms with E-state index in [1.807, 2.05) is 87.2 Å². The van der Waals surface area contributed by atoms with Crippen molar-refractivity contribution in [1.82, 2.24) is 49.8 Å². The molecule has 10 heteroatoms. The largest absolute Gasteiger partial charge is 0.264 e. The molecule has 0 spiro atoms. The Morgan fingerprint density at radius 1 is 0.164 bits per heavy atom. The van der Waals surface area contributed by atoms with Gasteiger partial charge in [0, 0.05) is 113 Å². The maximum absolute atomic E-state index is 5.24. The molecule has 0 saturated carbocycles. The van der Waals surface area contributed by atoms with Gasteiger partial charge in [-0.25, -0.2) is 29.9 Å². The Labute approximate surface area is 705 Å². The topological polar surface area (TPSA) is 129 Å². The van der Waals surface area contributed by atoms with Gasteiger partial charge in [0.1, 0.15) is 0 Å². The Morgan fingerprint density at radius 3 is 0.885 bits per heavy atom. The van der Waals surface area contributed by atoms with Gasteiger partial charge in [0.05, 0.1) is 56.2 Å². The summed E-state index contributed by atoms with van der Waals surface area (Å²) >= 11 is 0. The lowest BCUT2D eigenvalue weighted by atomic mass is 9.94. The summed E-state index contributed by atoms with van der Waals surface area (Å²) in [5.74, 6) is 1.34. The lowest BCUT2D eigenvalue weighted by Gasteiger charge is -2.13. The van der Waals surface area contributed by atoms with Crippen molar-refractivity contribution in [2.75, 3.05) is 0 Å². The van der Waals surface area contributed by atoms with Crippen LogP contribution >= 0.6 is 0 Å². The predicted molar refractivity (Wildman–Crippen MR) is 501 cm³/mol. The van der Waals surface area contributed by atoms with Crippen LogP contribution < -0.4 is 0 Å². The van der Waals surface area contributed by atoms with Gasteiger partial charge >= 0.3 is 0 Å². The van der Waals surface area contributed by atoms with Crippen LogP contribution in [0.4, 0.5) is 0 Å². The first-order valence-corrected chi connectivity index (χ1v) is 40.9. The van der Waals surface area contributed by atoms with Crippen molar-refractivity contribution in [2.45, 2.75) is 13.8 Å². The van der Waals surface area contributed by atoms with Crippen LogP contribution in [0.15, 0.2) is 413 Å². The molecule has 0 saturated heterocycles. The number of benzene rings is 14. The summed E-state index contributed by atoms with van der Waals surface area (Å²) in [5.41, 5.74) is 32.5. The molecule has 0 radical (unpaired) electrons. The zero-order valence-electron chi connectivity index (χ0n) is 66.7. The molecule has 122 heavy (non-hydrogen) atoms. The van der Waals surface area contributed by atoms with Crippen molar-refractivity contribution < 1.29 is 0 Å². The summed E-state index contributed by atoms with van der Waals surface area (Å²) in [6, 6.07) is 136. The molecule has 8 heterocycles. The summed E-state index contributed by atoms with van der Waals surface area (Å²) in [4.78, 5) is 49.8. The van der Waals surface area contributed by atoms with Crippen molar-refractivity contribution in [3.63, 3.8) is 0 Å². The van der Waals surface area contributed by atoms with E-state index >= 15 is 0 Å². The highest BCUT2D eigenvalue weighted by Gasteiger charge is 2.21. The van der Waals surface area contributed by atoms with Crippen LogP contribution in [0.5, 0.6) is 0 Å². The molecule has 0 fully saturated rings. The van der Waals surface area contributed by atoms with Gasteiger partial charge < -0.3 is 0 Å². The third kappa shape index (κ3) is 14.6. The Hall–Kier alpha value is -16.3. The fraction of sp³-hybridized carbons (Fsp3) is 0.0179. The van der Waals surface area contributed by atoms with Gasteiger partial charge in [0.25, 0.3) is 0 Å². The van der Waals surface area contributed by atoms with Crippen molar-refractivity contribution in [2.24, 2.45) is 0 Å². The fourth-order valence-electron chi connectivity index (χ4n) is 16.7. The zero-order valence-corrected chi connectivity index (χ0v) is 66.7. The summed E-state index contributed by atoms with van der Waals surface area (Å²) in [7, 11) is 0. The lowest BCUT2D eigenvalue weighted by molar-refractivity contribution is 1.18. The van der Waals surface area contributed by atoms with Gasteiger partial charge in [0.2, 0.25) is 0 Å². The number of aryl methyl sites for hydroxylation is 2. The summed E-state index contributed by atoms with van der Waals surface area (Å²) in [5, 5.41) is 8.85. The first-order valence-electron chi connectivity index (χ1n) is 40.9. The highest BCUT2D eigenvalue weighted by atomic mass is 14.9. The summed E-state index contributed by atoms with van der Waals surface area (Å²) < 4.78 is 0. The van der Waals surface area contributed by atoms with Gasteiger partial charge in [-0.2, -0.15) is 0 Å². The average molecular weight is 1560 g/mol. The third-order valence-electron chi connectivity index (χ3n) is 22.9. The molecule has 0 atom stereocenters. The van der Waals surface area contributed by atoms with E-state index in [0.717, 1.165) is 217 Å². The molecule has 0 amide bonds.